The molecule has 6 rings (SSSR count). The second-order valence-corrected chi connectivity index (χ2v) is 11.9. The lowest BCUT2D eigenvalue weighted by Gasteiger charge is -2.46. The number of nitrogens with zero attached hydrogens (tertiary/aromatic N) is 6. The van der Waals surface area contributed by atoms with Crippen molar-refractivity contribution in [1.29, 1.82) is 0 Å². The minimum absolute atomic E-state index is 0.143. The van der Waals surface area contributed by atoms with Crippen LogP contribution in [0.1, 0.15) is 32.3 Å². The lowest BCUT2D eigenvalue weighted by Crippen LogP contribution is -2.56. The molecular formula is C26H29ClN6O2S. The number of fused-ring (bicyclic) bond motifs is 1. The molecule has 0 amide bonds. The number of rotatable bonds is 5. The van der Waals surface area contributed by atoms with Crippen molar-refractivity contribution < 1.29 is 9.84 Å². The SMILES string of the molecule is CC(C)(O)C1CN(c2nccc(Sc3cnc(N4CCC5(CC4)Cc4cccnc4O5)cn3)c2Cl)C1. The first-order valence-corrected chi connectivity index (χ1v) is 13.5. The maximum Gasteiger partial charge on any atom is 0.217 e. The first kappa shape index (κ1) is 23.8. The van der Waals surface area contributed by atoms with Gasteiger partial charge in [0.15, 0.2) is 0 Å². The fourth-order valence-electron chi connectivity index (χ4n) is 5.11. The summed E-state index contributed by atoms with van der Waals surface area (Å²) in [6, 6.07) is 5.99. The number of halogens is 1. The number of pyridine rings is 2. The molecule has 36 heavy (non-hydrogen) atoms. The summed E-state index contributed by atoms with van der Waals surface area (Å²) >= 11 is 8.20. The Balaban J connectivity index is 1.08. The Morgan fingerprint density at radius 1 is 1.06 bits per heavy atom. The van der Waals surface area contributed by atoms with Crippen LogP contribution in [0, 0.1) is 5.92 Å². The van der Waals surface area contributed by atoms with Gasteiger partial charge in [0, 0.05) is 74.2 Å². The van der Waals surface area contributed by atoms with Gasteiger partial charge in [-0.05, 0) is 26.0 Å². The minimum Gasteiger partial charge on any atom is -0.470 e. The van der Waals surface area contributed by atoms with Gasteiger partial charge >= 0.3 is 0 Å². The Hall–Kier alpha value is -2.62. The molecule has 3 aromatic heterocycles. The van der Waals surface area contributed by atoms with E-state index in [0.717, 1.165) is 72.9 Å². The summed E-state index contributed by atoms with van der Waals surface area (Å²) in [4.78, 5) is 23.5. The highest BCUT2D eigenvalue weighted by Gasteiger charge is 2.43. The van der Waals surface area contributed by atoms with Crippen molar-refractivity contribution in [2.24, 2.45) is 5.92 Å². The lowest BCUT2D eigenvalue weighted by atomic mass is 9.84. The molecule has 0 saturated carbocycles. The number of aromatic nitrogens is 4. The van der Waals surface area contributed by atoms with E-state index in [1.165, 1.54) is 17.3 Å². The molecule has 2 saturated heterocycles. The number of piperidine rings is 1. The molecule has 3 aliphatic heterocycles. The fourth-order valence-corrected chi connectivity index (χ4v) is 6.21. The van der Waals surface area contributed by atoms with E-state index in [-0.39, 0.29) is 11.5 Å². The van der Waals surface area contributed by atoms with E-state index in [1.807, 2.05) is 32.2 Å². The minimum atomic E-state index is -0.700. The topological polar surface area (TPSA) is 87.5 Å². The second kappa shape index (κ2) is 9.04. The van der Waals surface area contributed by atoms with Crippen LogP contribution in [0.2, 0.25) is 5.02 Å². The summed E-state index contributed by atoms with van der Waals surface area (Å²) in [5.74, 6) is 2.63. The van der Waals surface area contributed by atoms with Gasteiger partial charge in [0.05, 0.1) is 23.0 Å². The normalized spacial score (nSPS) is 19.2. The van der Waals surface area contributed by atoms with E-state index in [9.17, 15) is 5.11 Å². The Kier molecular flexibility index (Phi) is 5.97. The summed E-state index contributed by atoms with van der Waals surface area (Å²) in [6.07, 6.45) is 10.00. The molecule has 0 aromatic carbocycles. The Morgan fingerprint density at radius 2 is 1.86 bits per heavy atom. The van der Waals surface area contributed by atoms with Gasteiger partial charge in [-0.15, -0.1) is 0 Å². The maximum absolute atomic E-state index is 10.2. The molecular weight excluding hydrogens is 496 g/mol. The van der Waals surface area contributed by atoms with Crippen LogP contribution < -0.4 is 14.5 Å². The fraction of sp³-hybridized carbons (Fsp3) is 0.462. The molecule has 3 aliphatic rings. The van der Waals surface area contributed by atoms with E-state index in [2.05, 4.69) is 30.8 Å². The molecule has 188 valence electrons. The molecule has 6 heterocycles. The van der Waals surface area contributed by atoms with Gasteiger partial charge < -0.3 is 19.6 Å². The Bertz CT molecular complexity index is 1230. The molecule has 0 aliphatic carbocycles. The van der Waals surface area contributed by atoms with Crippen molar-refractivity contribution in [3.8, 4) is 5.88 Å². The standard InChI is InChI=1S/C26H29ClN6O2S/c1-25(2,34)18-15-33(16-18)23-22(27)19(5-9-28-23)36-21-14-30-20(13-31-21)32-10-6-26(7-11-32)12-17-4-3-8-29-24(17)35-26/h3-5,8-9,13-14,18,34H,6-7,10-12,15-16H2,1-2H3. The van der Waals surface area contributed by atoms with Crippen molar-refractivity contribution in [3.05, 3.63) is 53.6 Å². The van der Waals surface area contributed by atoms with Gasteiger partial charge in [0.25, 0.3) is 0 Å². The Morgan fingerprint density at radius 3 is 2.56 bits per heavy atom. The summed E-state index contributed by atoms with van der Waals surface area (Å²) in [5.41, 5.74) is 0.361. The van der Waals surface area contributed by atoms with Crippen molar-refractivity contribution in [1.82, 2.24) is 19.9 Å². The highest BCUT2D eigenvalue weighted by molar-refractivity contribution is 7.99. The van der Waals surface area contributed by atoms with Crippen LogP contribution in [-0.4, -0.2) is 62.4 Å². The lowest BCUT2D eigenvalue weighted by molar-refractivity contribution is 0.00438. The quantitative estimate of drug-likeness (QED) is 0.526. The number of anilines is 2. The van der Waals surface area contributed by atoms with E-state index >= 15 is 0 Å². The average molecular weight is 525 g/mol. The van der Waals surface area contributed by atoms with Gasteiger partial charge in [-0.2, -0.15) is 0 Å². The molecule has 10 heteroatoms. The predicted octanol–water partition coefficient (Wildman–Crippen LogP) is 4.25. The van der Waals surface area contributed by atoms with Gasteiger partial charge in [-0.25, -0.2) is 19.9 Å². The van der Waals surface area contributed by atoms with Gasteiger partial charge in [0.2, 0.25) is 5.88 Å². The highest BCUT2D eigenvalue weighted by atomic mass is 35.5. The van der Waals surface area contributed by atoms with Crippen LogP contribution in [0.15, 0.2) is 52.9 Å². The van der Waals surface area contributed by atoms with Crippen LogP contribution in [0.5, 0.6) is 5.88 Å². The maximum atomic E-state index is 10.2. The number of hydrogen-bond donors (Lipinski definition) is 1. The van der Waals surface area contributed by atoms with Crippen LogP contribution in [0.25, 0.3) is 0 Å². The number of ether oxygens (including phenoxy) is 1. The number of hydrogen-bond acceptors (Lipinski definition) is 9. The molecule has 0 unspecified atom stereocenters. The monoisotopic (exact) mass is 524 g/mol. The highest BCUT2D eigenvalue weighted by Crippen LogP contribution is 2.42. The largest absolute Gasteiger partial charge is 0.470 e. The van der Waals surface area contributed by atoms with Crippen molar-refractivity contribution in [2.75, 3.05) is 36.0 Å². The van der Waals surface area contributed by atoms with Crippen LogP contribution in [0.4, 0.5) is 11.6 Å². The molecule has 0 bridgehead atoms. The third kappa shape index (κ3) is 4.48. The molecule has 3 aromatic rings. The molecule has 0 atom stereocenters. The molecule has 8 nitrogen and oxygen atoms in total. The summed E-state index contributed by atoms with van der Waals surface area (Å²) in [6.45, 7) is 6.92. The van der Waals surface area contributed by atoms with Crippen LogP contribution >= 0.6 is 23.4 Å². The summed E-state index contributed by atoms with van der Waals surface area (Å²) < 4.78 is 6.27. The number of aliphatic hydroxyl groups is 1. The second-order valence-electron chi connectivity index (χ2n) is 10.4. The third-order valence-electron chi connectivity index (χ3n) is 7.52. The first-order valence-electron chi connectivity index (χ1n) is 12.3. The van der Waals surface area contributed by atoms with E-state index in [0.29, 0.717) is 5.02 Å². The first-order chi connectivity index (χ1) is 17.3. The zero-order valence-corrected chi connectivity index (χ0v) is 22.0. The molecule has 2 fully saturated rings. The van der Waals surface area contributed by atoms with E-state index in [1.54, 1.807) is 18.6 Å². The third-order valence-corrected chi connectivity index (χ3v) is 8.98. The summed E-state index contributed by atoms with van der Waals surface area (Å²) in [5, 5.41) is 11.6. The van der Waals surface area contributed by atoms with Crippen LogP contribution in [0.3, 0.4) is 0 Å². The molecule has 0 radical (unpaired) electrons. The smallest absolute Gasteiger partial charge is 0.217 e. The van der Waals surface area contributed by atoms with Gasteiger partial charge in [0.1, 0.15) is 22.3 Å². The van der Waals surface area contributed by atoms with Crippen LogP contribution in [-0.2, 0) is 6.42 Å². The molecule has 1 N–H and O–H groups in total. The predicted molar refractivity (Wildman–Crippen MR) is 140 cm³/mol. The van der Waals surface area contributed by atoms with E-state index in [4.69, 9.17) is 21.3 Å². The van der Waals surface area contributed by atoms with Crippen molar-refractivity contribution in [3.63, 3.8) is 0 Å². The van der Waals surface area contributed by atoms with Gasteiger partial charge in [-0.1, -0.05) is 29.4 Å². The van der Waals surface area contributed by atoms with E-state index < -0.39 is 5.60 Å². The zero-order chi connectivity index (χ0) is 24.9. The van der Waals surface area contributed by atoms with Crippen molar-refractivity contribution >= 4 is 35.0 Å². The Labute approximate surface area is 220 Å². The average Bonchev–Trinajstić information content (AvgIpc) is 3.18. The summed E-state index contributed by atoms with van der Waals surface area (Å²) in [7, 11) is 0. The molecule has 1 spiro atoms. The van der Waals surface area contributed by atoms with Gasteiger partial charge in [-0.3, -0.25) is 0 Å². The van der Waals surface area contributed by atoms with Crippen molar-refractivity contribution in [2.45, 2.75) is 54.2 Å². The zero-order valence-electron chi connectivity index (χ0n) is 20.4.